The number of hydrogen-bond donors (Lipinski definition) is 1. The van der Waals surface area contributed by atoms with Gasteiger partial charge in [0.2, 0.25) is 5.91 Å². The molecule has 0 atom stereocenters. The van der Waals surface area contributed by atoms with Gasteiger partial charge >= 0.3 is 0 Å². The van der Waals surface area contributed by atoms with E-state index in [9.17, 15) is 4.79 Å². The zero-order valence-corrected chi connectivity index (χ0v) is 10.9. The second-order valence-corrected chi connectivity index (χ2v) is 4.37. The molecule has 0 spiro atoms. The minimum atomic E-state index is -0.0896. The van der Waals surface area contributed by atoms with Gasteiger partial charge in [0.1, 0.15) is 0 Å². The first-order valence-corrected chi connectivity index (χ1v) is 5.99. The number of amides is 1. The minimum Gasteiger partial charge on any atom is -0.326 e. The summed E-state index contributed by atoms with van der Waals surface area (Å²) in [6, 6.07) is 15.4. The minimum absolute atomic E-state index is 0.0896. The second-order valence-electron chi connectivity index (χ2n) is 4.37. The van der Waals surface area contributed by atoms with Crippen LogP contribution in [0.4, 0.5) is 5.69 Å². The molecule has 1 amide bonds. The summed E-state index contributed by atoms with van der Waals surface area (Å²) in [5.41, 5.74) is 4.30. The molecule has 0 saturated heterocycles. The Bertz CT molecular complexity index is 669. The van der Waals surface area contributed by atoms with Crippen LogP contribution in [0.1, 0.15) is 18.1 Å². The molecule has 0 aliphatic rings. The predicted octanol–water partition coefficient (Wildman–Crippen LogP) is 3.49. The zero-order chi connectivity index (χ0) is 13.8. The van der Waals surface area contributed by atoms with E-state index in [1.54, 1.807) is 6.07 Å². The quantitative estimate of drug-likeness (QED) is 0.887. The maximum atomic E-state index is 11.1. The summed E-state index contributed by atoms with van der Waals surface area (Å²) in [4.78, 5) is 11.1. The summed E-state index contributed by atoms with van der Waals surface area (Å²) in [6.07, 6.45) is 0. The fourth-order valence-corrected chi connectivity index (χ4v) is 1.99. The maximum Gasteiger partial charge on any atom is 0.221 e. The lowest BCUT2D eigenvalue weighted by atomic mass is 9.98. The van der Waals surface area contributed by atoms with Gasteiger partial charge in [-0.1, -0.05) is 24.3 Å². The lowest BCUT2D eigenvalue weighted by Crippen LogP contribution is -2.06. The Labute approximate surface area is 112 Å². The fraction of sp³-hybridized carbons (Fsp3) is 0.125. The topological polar surface area (TPSA) is 52.9 Å². The third kappa shape index (κ3) is 2.80. The lowest BCUT2D eigenvalue weighted by Gasteiger charge is -2.10. The molecule has 0 aliphatic carbocycles. The molecule has 0 fully saturated rings. The number of carbonyl (C=O) groups excluding carboxylic acids is 1. The van der Waals surface area contributed by atoms with E-state index >= 15 is 0 Å². The smallest absolute Gasteiger partial charge is 0.221 e. The summed E-state index contributed by atoms with van der Waals surface area (Å²) in [5, 5.41) is 11.9. The second kappa shape index (κ2) is 5.36. The van der Waals surface area contributed by atoms with Crippen molar-refractivity contribution in [3.8, 4) is 17.2 Å². The molecule has 0 aliphatic heterocycles. The highest BCUT2D eigenvalue weighted by Crippen LogP contribution is 2.27. The Morgan fingerprint density at radius 1 is 1.21 bits per heavy atom. The number of nitriles is 1. The van der Waals surface area contributed by atoms with Crippen LogP contribution in [0.5, 0.6) is 0 Å². The first-order valence-electron chi connectivity index (χ1n) is 5.99. The highest BCUT2D eigenvalue weighted by atomic mass is 16.1. The van der Waals surface area contributed by atoms with Crippen molar-refractivity contribution in [3.05, 3.63) is 53.6 Å². The Morgan fingerprint density at radius 3 is 2.58 bits per heavy atom. The van der Waals surface area contributed by atoms with Crippen LogP contribution in [0.3, 0.4) is 0 Å². The Hall–Kier alpha value is -2.60. The largest absolute Gasteiger partial charge is 0.326 e. The molecule has 1 N–H and O–H groups in total. The van der Waals surface area contributed by atoms with Crippen LogP contribution in [-0.2, 0) is 4.79 Å². The Balaban J connectivity index is 2.45. The van der Waals surface area contributed by atoms with E-state index in [2.05, 4.69) is 11.4 Å². The van der Waals surface area contributed by atoms with E-state index < -0.39 is 0 Å². The number of nitrogens with one attached hydrogen (secondary N) is 1. The van der Waals surface area contributed by atoms with Crippen molar-refractivity contribution < 1.29 is 4.79 Å². The SMILES string of the molecule is CC(=O)Nc1ccc(-c2ccccc2C#N)cc1C. The molecule has 94 valence electrons. The fourth-order valence-electron chi connectivity index (χ4n) is 1.99. The van der Waals surface area contributed by atoms with E-state index in [0.717, 1.165) is 22.4 Å². The predicted molar refractivity (Wildman–Crippen MR) is 75.6 cm³/mol. The molecule has 0 aromatic heterocycles. The van der Waals surface area contributed by atoms with Crippen molar-refractivity contribution in [3.63, 3.8) is 0 Å². The molecule has 0 radical (unpaired) electrons. The van der Waals surface area contributed by atoms with E-state index in [4.69, 9.17) is 5.26 Å². The van der Waals surface area contributed by atoms with Crippen LogP contribution in [0.25, 0.3) is 11.1 Å². The van der Waals surface area contributed by atoms with E-state index in [1.165, 1.54) is 6.92 Å². The van der Waals surface area contributed by atoms with E-state index in [1.807, 2.05) is 43.3 Å². The molecule has 19 heavy (non-hydrogen) atoms. The number of rotatable bonds is 2. The van der Waals surface area contributed by atoms with Crippen molar-refractivity contribution in [2.24, 2.45) is 0 Å². The first kappa shape index (κ1) is 12.8. The molecular weight excluding hydrogens is 236 g/mol. The van der Waals surface area contributed by atoms with Gasteiger partial charge in [0.25, 0.3) is 0 Å². The lowest BCUT2D eigenvalue weighted by molar-refractivity contribution is -0.114. The summed E-state index contributed by atoms with van der Waals surface area (Å²) in [7, 11) is 0. The van der Waals surface area contributed by atoms with E-state index in [-0.39, 0.29) is 5.91 Å². The number of carbonyl (C=O) groups is 1. The number of anilines is 1. The monoisotopic (exact) mass is 250 g/mol. The molecule has 2 aromatic carbocycles. The van der Waals surface area contributed by atoms with Gasteiger partial charge in [-0.25, -0.2) is 0 Å². The molecule has 2 rings (SSSR count). The third-order valence-corrected chi connectivity index (χ3v) is 2.90. The van der Waals surface area contributed by atoms with Crippen molar-refractivity contribution in [1.29, 1.82) is 5.26 Å². The van der Waals surface area contributed by atoms with Gasteiger partial charge in [-0.15, -0.1) is 0 Å². The molecule has 0 heterocycles. The molecule has 0 unspecified atom stereocenters. The number of benzene rings is 2. The number of aryl methyl sites for hydroxylation is 1. The molecule has 0 saturated carbocycles. The summed E-state index contributed by atoms with van der Waals surface area (Å²) < 4.78 is 0. The molecule has 2 aromatic rings. The van der Waals surface area contributed by atoms with Crippen molar-refractivity contribution in [2.75, 3.05) is 5.32 Å². The molecule has 3 nitrogen and oxygen atoms in total. The summed E-state index contributed by atoms with van der Waals surface area (Å²) >= 11 is 0. The Morgan fingerprint density at radius 2 is 1.95 bits per heavy atom. The highest BCUT2D eigenvalue weighted by Gasteiger charge is 2.06. The van der Waals surface area contributed by atoms with Crippen LogP contribution in [0.15, 0.2) is 42.5 Å². The van der Waals surface area contributed by atoms with Gasteiger partial charge in [0.05, 0.1) is 11.6 Å². The Kier molecular flexibility index (Phi) is 3.63. The standard InChI is InChI=1S/C16H14N2O/c1-11-9-13(7-8-16(11)18-12(2)19)15-6-4-3-5-14(15)10-17/h3-9H,1-2H3,(H,18,19). The van der Waals surface area contributed by atoms with Crippen molar-refractivity contribution in [2.45, 2.75) is 13.8 Å². The average molecular weight is 250 g/mol. The van der Waals surface area contributed by atoms with Gasteiger partial charge in [0.15, 0.2) is 0 Å². The summed E-state index contributed by atoms with van der Waals surface area (Å²) in [6.45, 7) is 3.42. The average Bonchev–Trinajstić information content (AvgIpc) is 2.40. The molecular formula is C16H14N2O. The maximum absolute atomic E-state index is 11.1. The van der Waals surface area contributed by atoms with Crippen LogP contribution in [-0.4, -0.2) is 5.91 Å². The van der Waals surface area contributed by atoms with Gasteiger partial charge in [-0.3, -0.25) is 4.79 Å². The van der Waals surface area contributed by atoms with Crippen LogP contribution >= 0.6 is 0 Å². The van der Waals surface area contributed by atoms with Crippen molar-refractivity contribution >= 4 is 11.6 Å². The summed E-state index contributed by atoms with van der Waals surface area (Å²) in [5.74, 6) is -0.0896. The number of hydrogen-bond acceptors (Lipinski definition) is 2. The zero-order valence-electron chi connectivity index (χ0n) is 10.9. The van der Waals surface area contributed by atoms with Crippen molar-refractivity contribution in [1.82, 2.24) is 0 Å². The van der Waals surface area contributed by atoms with Crippen LogP contribution in [0.2, 0.25) is 0 Å². The third-order valence-electron chi connectivity index (χ3n) is 2.90. The normalized spacial score (nSPS) is 9.74. The van der Waals surface area contributed by atoms with Gasteiger partial charge in [0, 0.05) is 12.6 Å². The molecule has 3 heteroatoms. The van der Waals surface area contributed by atoms with E-state index in [0.29, 0.717) is 5.56 Å². The van der Waals surface area contributed by atoms with Crippen LogP contribution in [0, 0.1) is 18.3 Å². The highest BCUT2D eigenvalue weighted by molar-refractivity contribution is 5.90. The molecule has 0 bridgehead atoms. The van der Waals surface area contributed by atoms with Gasteiger partial charge in [-0.2, -0.15) is 5.26 Å². The van der Waals surface area contributed by atoms with Crippen LogP contribution < -0.4 is 5.32 Å². The first-order chi connectivity index (χ1) is 9.11. The van der Waals surface area contributed by atoms with Gasteiger partial charge in [-0.05, 0) is 41.8 Å². The van der Waals surface area contributed by atoms with Gasteiger partial charge < -0.3 is 5.32 Å². The number of nitrogens with zero attached hydrogens (tertiary/aromatic N) is 1.